The number of benzene rings is 1. The van der Waals surface area contributed by atoms with Gasteiger partial charge in [-0.3, -0.25) is 0 Å². The molecule has 1 aromatic rings. The van der Waals surface area contributed by atoms with E-state index in [1.807, 2.05) is 11.8 Å². The van der Waals surface area contributed by atoms with Gasteiger partial charge in [0.15, 0.2) is 0 Å². The van der Waals surface area contributed by atoms with E-state index in [2.05, 4.69) is 63.3 Å². The van der Waals surface area contributed by atoms with Gasteiger partial charge in [-0.05, 0) is 18.5 Å². The molecule has 0 spiro atoms. The SMILES string of the molecule is CCCNC(CSC(C)(C)C)c1ccccc1. The van der Waals surface area contributed by atoms with Crippen LogP contribution in [0.15, 0.2) is 30.3 Å². The van der Waals surface area contributed by atoms with Crippen LogP contribution < -0.4 is 5.32 Å². The molecule has 1 nitrogen and oxygen atoms in total. The Bertz CT molecular complexity index is 302. The minimum absolute atomic E-state index is 0.334. The largest absolute Gasteiger partial charge is 0.309 e. The topological polar surface area (TPSA) is 12.0 Å². The lowest BCUT2D eigenvalue weighted by molar-refractivity contribution is 0.575. The second-order valence-corrected chi connectivity index (χ2v) is 7.19. The van der Waals surface area contributed by atoms with E-state index < -0.39 is 0 Å². The summed E-state index contributed by atoms with van der Waals surface area (Å²) in [4.78, 5) is 0. The minimum atomic E-state index is 0.334. The van der Waals surface area contributed by atoms with Gasteiger partial charge < -0.3 is 5.32 Å². The summed E-state index contributed by atoms with van der Waals surface area (Å²) in [6.07, 6.45) is 1.18. The molecule has 0 fully saturated rings. The third kappa shape index (κ3) is 6.13. The second-order valence-electron chi connectivity index (χ2n) is 5.34. The zero-order chi connectivity index (χ0) is 12.7. The zero-order valence-corrected chi connectivity index (χ0v) is 12.3. The highest BCUT2D eigenvalue weighted by atomic mass is 32.2. The fourth-order valence-electron chi connectivity index (χ4n) is 1.61. The Balaban J connectivity index is 2.61. The summed E-state index contributed by atoms with van der Waals surface area (Å²) in [7, 11) is 0. The van der Waals surface area contributed by atoms with E-state index >= 15 is 0 Å². The monoisotopic (exact) mass is 251 g/mol. The maximum Gasteiger partial charge on any atom is 0.0412 e. The lowest BCUT2D eigenvalue weighted by Crippen LogP contribution is -2.25. The van der Waals surface area contributed by atoms with Crippen LogP contribution in [-0.2, 0) is 0 Å². The molecular weight excluding hydrogens is 226 g/mol. The normalized spacial score (nSPS) is 13.6. The fourth-order valence-corrected chi connectivity index (χ4v) is 2.59. The van der Waals surface area contributed by atoms with E-state index in [1.54, 1.807) is 0 Å². The zero-order valence-electron chi connectivity index (χ0n) is 11.5. The number of nitrogens with one attached hydrogen (secondary N) is 1. The standard InChI is InChI=1S/C15H25NS/c1-5-11-16-14(12-17-15(2,3)4)13-9-7-6-8-10-13/h6-10,14,16H,5,11-12H2,1-4H3. The van der Waals surface area contributed by atoms with Gasteiger partial charge in [0.25, 0.3) is 0 Å². The molecule has 0 saturated heterocycles. The van der Waals surface area contributed by atoms with Gasteiger partial charge in [0.1, 0.15) is 0 Å². The van der Waals surface area contributed by atoms with Crippen molar-refractivity contribution in [2.24, 2.45) is 0 Å². The van der Waals surface area contributed by atoms with Crippen molar-refractivity contribution in [3.63, 3.8) is 0 Å². The molecule has 0 aliphatic carbocycles. The van der Waals surface area contributed by atoms with E-state index in [0.29, 0.717) is 10.8 Å². The van der Waals surface area contributed by atoms with Gasteiger partial charge in [-0.2, -0.15) is 11.8 Å². The minimum Gasteiger partial charge on any atom is -0.309 e. The van der Waals surface area contributed by atoms with E-state index in [0.717, 1.165) is 12.3 Å². The quantitative estimate of drug-likeness (QED) is 0.811. The van der Waals surface area contributed by atoms with E-state index in [9.17, 15) is 0 Å². The summed E-state index contributed by atoms with van der Waals surface area (Å²) in [5, 5.41) is 3.64. The Morgan fingerprint density at radius 3 is 2.35 bits per heavy atom. The van der Waals surface area contributed by atoms with Gasteiger partial charge >= 0.3 is 0 Å². The van der Waals surface area contributed by atoms with Crippen LogP contribution in [0, 0.1) is 0 Å². The van der Waals surface area contributed by atoms with Crippen LogP contribution in [0.25, 0.3) is 0 Å². The molecule has 0 amide bonds. The molecule has 0 saturated carbocycles. The summed E-state index contributed by atoms with van der Waals surface area (Å²) in [6.45, 7) is 10.1. The van der Waals surface area contributed by atoms with Crippen molar-refractivity contribution >= 4 is 11.8 Å². The van der Waals surface area contributed by atoms with Crippen LogP contribution in [0.3, 0.4) is 0 Å². The molecule has 1 unspecified atom stereocenters. The summed E-state index contributed by atoms with van der Waals surface area (Å²) in [6, 6.07) is 11.2. The van der Waals surface area contributed by atoms with Gasteiger partial charge in [-0.25, -0.2) is 0 Å². The fraction of sp³-hybridized carbons (Fsp3) is 0.600. The van der Waals surface area contributed by atoms with Gasteiger partial charge in [-0.1, -0.05) is 58.0 Å². The molecule has 1 N–H and O–H groups in total. The Morgan fingerprint density at radius 1 is 1.18 bits per heavy atom. The van der Waals surface area contributed by atoms with Gasteiger partial charge in [0.2, 0.25) is 0 Å². The molecule has 1 rings (SSSR count). The van der Waals surface area contributed by atoms with Crippen LogP contribution in [0.5, 0.6) is 0 Å². The smallest absolute Gasteiger partial charge is 0.0412 e. The highest BCUT2D eigenvalue weighted by Crippen LogP contribution is 2.28. The van der Waals surface area contributed by atoms with Crippen molar-refractivity contribution in [1.29, 1.82) is 0 Å². The molecule has 1 atom stereocenters. The van der Waals surface area contributed by atoms with Gasteiger partial charge in [0.05, 0.1) is 0 Å². The predicted molar refractivity (Wildman–Crippen MR) is 79.7 cm³/mol. The predicted octanol–water partition coefficient (Wildman–Crippen LogP) is 4.26. The highest BCUT2D eigenvalue weighted by molar-refractivity contribution is 8.00. The second kappa shape index (κ2) is 7.07. The average Bonchev–Trinajstić information content (AvgIpc) is 2.29. The Hall–Kier alpha value is -0.470. The van der Waals surface area contributed by atoms with Crippen molar-refractivity contribution in [1.82, 2.24) is 5.32 Å². The molecule has 96 valence electrons. The maximum atomic E-state index is 3.64. The number of hydrogen-bond acceptors (Lipinski definition) is 2. The van der Waals surface area contributed by atoms with Crippen molar-refractivity contribution in [2.45, 2.75) is 44.9 Å². The van der Waals surface area contributed by atoms with Gasteiger partial charge in [0, 0.05) is 16.5 Å². The van der Waals surface area contributed by atoms with Crippen molar-refractivity contribution in [3.05, 3.63) is 35.9 Å². The summed E-state index contributed by atoms with van der Waals surface area (Å²) < 4.78 is 0.334. The van der Waals surface area contributed by atoms with E-state index in [1.165, 1.54) is 12.0 Å². The molecule has 0 heterocycles. The van der Waals surface area contributed by atoms with Crippen molar-refractivity contribution in [2.75, 3.05) is 12.3 Å². The van der Waals surface area contributed by atoms with Crippen molar-refractivity contribution in [3.8, 4) is 0 Å². The Labute approximate surface area is 110 Å². The molecule has 2 heteroatoms. The molecule has 17 heavy (non-hydrogen) atoms. The first kappa shape index (κ1) is 14.6. The molecule has 1 aromatic carbocycles. The van der Waals surface area contributed by atoms with E-state index in [-0.39, 0.29) is 0 Å². The van der Waals surface area contributed by atoms with Crippen LogP contribution in [-0.4, -0.2) is 17.0 Å². The first-order valence-corrected chi connectivity index (χ1v) is 7.44. The molecule has 0 aliphatic rings. The number of thioether (sulfide) groups is 1. The molecule has 0 bridgehead atoms. The van der Waals surface area contributed by atoms with Crippen LogP contribution >= 0.6 is 11.8 Å². The summed E-state index contributed by atoms with van der Waals surface area (Å²) in [5.41, 5.74) is 1.40. The first-order valence-electron chi connectivity index (χ1n) is 6.45. The van der Waals surface area contributed by atoms with Gasteiger partial charge in [-0.15, -0.1) is 0 Å². The Kier molecular flexibility index (Phi) is 6.07. The molecule has 0 radical (unpaired) electrons. The van der Waals surface area contributed by atoms with Crippen LogP contribution in [0.2, 0.25) is 0 Å². The summed E-state index contributed by atoms with van der Waals surface area (Å²) in [5.74, 6) is 1.13. The maximum absolute atomic E-state index is 3.64. The number of hydrogen-bond donors (Lipinski definition) is 1. The van der Waals surface area contributed by atoms with Crippen molar-refractivity contribution < 1.29 is 0 Å². The third-order valence-corrected chi connectivity index (χ3v) is 3.89. The van der Waals surface area contributed by atoms with Crippen LogP contribution in [0.4, 0.5) is 0 Å². The van der Waals surface area contributed by atoms with Crippen LogP contribution in [0.1, 0.15) is 45.7 Å². The lowest BCUT2D eigenvalue weighted by Gasteiger charge is -2.24. The third-order valence-electron chi connectivity index (χ3n) is 2.53. The molecule has 0 aliphatic heterocycles. The van der Waals surface area contributed by atoms with E-state index in [4.69, 9.17) is 0 Å². The highest BCUT2D eigenvalue weighted by Gasteiger charge is 2.16. The molecule has 0 aromatic heterocycles. The Morgan fingerprint density at radius 2 is 1.82 bits per heavy atom. The lowest BCUT2D eigenvalue weighted by atomic mass is 10.1. The molecular formula is C15H25NS. The average molecular weight is 251 g/mol. The number of rotatable bonds is 6. The first-order chi connectivity index (χ1) is 8.03. The summed E-state index contributed by atoms with van der Waals surface area (Å²) >= 11 is 2.02.